The molecule has 0 saturated carbocycles. The SMILES string of the molecule is CC\C=C/C=C\C=C/CCCCCCCC(=O)OCC(COC(=O)CCCCCCC\C=C/C=C\C=C/C=C\CCCCC)OC(=O)CCCCCCC/C=C\CCCCCCCCC. The van der Waals surface area contributed by atoms with E-state index in [0.29, 0.717) is 19.3 Å². The van der Waals surface area contributed by atoms with Crippen molar-refractivity contribution in [2.45, 2.75) is 245 Å². The number of hydrogen-bond donors (Lipinski definition) is 0. The van der Waals surface area contributed by atoms with Crippen molar-refractivity contribution in [2.24, 2.45) is 0 Å². The largest absolute Gasteiger partial charge is 0.462 e. The summed E-state index contributed by atoms with van der Waals surface area (Å²) in [5.41, 5.74) is 0. The molecule has 0 heterocycles. The Kier molecular flexibility index (Phi) is 50.0. The van der Waals surface area contributed by atoms with E-state index in [1.165, 1.54) is 77.0 Å². The normalized spacial score (nSPS) is 12.8. The lowest BCUT2D eigenvalue weighted by molar-refractivity contribution is -0.167. The van der Waals surface area contributed by atoms with Gasteiger partial charge in [0.15, 0.2) is 6.10 Å². The Balaban J connectivity index is 4.48. The van der Waals surface area contributed by atoms with Gasteiger partial charge in [-0.25, -0.2) is 0 Å². The van der Waals surface area contributed by atoms with Gasteiger partial charge in [-0.2, -0.15) is 0 Å². The zero-order valence-electron chi connectivity index (χ0n) is 42.2. The van der Waals surface area contributed by atoms with Gasteiger partial charge >= 0.3 is 17.9 Å². The Bertz CT molecular complexity index is 1310. The van der Waals surface area contributed by atoms with Gasteiger partial charge in [-0.3, -0.25) is 14.4 Å². The maximum atomic E-state index is 12.8. The van der Waals surface area contributed by atoms with Gasteiger partial charge in [0.05, 0.1) is 0 Å². The van der Waals surface area contributed by atoms with E-state index in [4.69, 9.17) is 14.2 Å². The van der Waals surface area contributed by atoms with Crippen molar-refractivity contribution < 1.29 is 28.6 Å². The maximum absolute atomic E-state index is 12.8. The van der Waals surface area contributed by atoms with Gasteiger partial charge in [0.25, 0.3) is 0 Å². The molecule has 0 N–H and O–H groups in total. The smallest absolute Gasteiger partial charge is 0.306 e. The van der Waals surface area contributed by atoms with Gasteiger partial charge in [-0.05, 0) is 89.9 Å². The Labute approximate surface area is 400 Å². The van der Waals surface area contributed by atoms with Crippen LogP contribution in [0.5, 0.6) is 0 Å². The van der Waals surface area contributed by atoms with Crippen LogP contribution in [0.3, 0.4) is 0 Å². The van der Waals surface area contributed by atoms with Crippen LogP contribution in [-0.2, 0) is 28.6 Å². The standard InChI is InChI=1S/C59H98O6/c1-4-7-10-13-16-19-22-25-27-29-30-32-34-37-40-43-46-49-52-58(61)64-55-56(54-63-57(60)51-48-45-42-39-36-33-24-21-18-15-12-9-6-3)65-59(62)53-50-47-44-41-38-35-31-28-26-23-20-17-14-11-8-5-2/h9,12,15-16,18-19,21-22,24-25,27-32,56H,4-8,10-11,13-14,17,20,23,26,33-55H2,1-3H3/b12-9-,18-15-,19-16-,24-21-,25-22-,29-27-,31-28-,32-30-. The highest BCUT2D eigenvalue weighted by Crippen LogP contribution is 2.14. The second-order valence-electron chi connectivity index (χ2n) is 17.5. The molecule has 0 aromatic rings. The van der Waals surface area contributed by atoms with Gasteiger partial charge in [-0.1, -0.05) is 227 Å². The van der Waals surface area contributed by atoms with E-state index >= 15 is 0 Å². The molecule has 0 aliphatic carbocycles. The van der Waals surface area contributed by atoms with Crippen LogP contribution in [0.1, 0.15) is 239 Å². The minimum Gasteiger partial charge on any atom is -0.462 e. The number of rotatable bonds is 47. The lowest BCUT2D eigenvalue weighted by atomic mass is 10.1. The minimum atomic E-state index is -0.801. The van der Waals surface area contributed by atoms with Crippen molar-refractivity contribution in [2.75, 3.05) is 13.2 Å². The van der Waals surface area contributed by atoms with E-state index in [-0.39, 0.29) is 31.1 Å². The van der Waals surface area contributed by atoms with Crippen LogP contribution in [0, 0.1) is 0 Å². The highest BCUT2D eigenvalue weighted by molar-refractivity contribution is 5.71. The summed E-state index contributed by atoms with van der Waals surface area (Å²) in [6.45, 7) is 6.42. The fraction of sp³-hybridized carbons (Fsp3) is 0.678. The van der Waals surface area contributed by atoms with Crippen molar-refractivity contribution in [3.63, 3.8) is 0 Å². The van der Waals surface area contributed by atoms with Crippen LogP contribution < -0.4 is 0 Å². The molecule has 0 amide bonds. The molecule has 0 aliphatic heterocycles. The number of ether oxygens (including phenoxy) is 3. The number of unbranched alkanes of at least 4 members (excludes halogenated alkanes) is 25. The molecule has 0 bridgehead atoms. The molecule has 6 nitrogen and oxygen atoms in total. The van der Waals surface area contributed by atoms with Crippen molar-refractivity contribution in [3.8, 4) is 0 Å². The molecule has 0 aromatic heterocycles. The molecule has 1 unspecified atom stereocenters. The first-order chi connectivity index (χ1) is 32.0. The third kappa shape index (κ3) is 51.2. The molecule has 0 spiro atoms. The molecule has 370 valence electrons. The Morgan fingerprint density at radius 3 is 1.02 bits per heavy atom. The van der Waals surface area contributed by atoms with Crippen LogP contribution in [-0.4, -0.2) is 37.2 Å². The molecular weight excluding hydrogens is 805 g/mol. The van der Waals surface area contributed by atoms with Crippen molar-refractivity contribution >= 4 is 17.9 Å². The minimum absolute atomic E-state index is 0.100. The van der Waals surface area contributed by atoms with Crippen LogP contribution in [0.2, 0.25) is 0 Å². The van der Waals surface area contributed by atoms with E-state index < -0.39 is 6.10 Å². The quantitative estimate of drug-likeness (QED) is 0.0199. The van der Waals surface area contributed by atoms with E-state index in [9.17, 15) is 14.4 Å². The lowest BCUT2D eigenvalue weighted by Gasteiger charge is -2.18. The molecule has 0 rings (SSSR count). The van der Waals surface area contributed by atoms with E-state index in [0.717, 1.165) is 122 Å². The maximum Gasteiger partial charge on any atom is 0.306 e. The topological polar surface area (TPSA) is 78.9 Å². The Morgan fingerprint density at radius 2 is 0.615 bits per heavy atom. The predicted octanol–water partition coefficient (Wildman–Crippen LogP) is 17.8. The number of allylic oxidation sites excluding steroid dienone is 16. The molecule has 65 heavy (non-hydrogen) atoms. The van der Waals surface area contributed by atoms with Crippen molar-refractivity contribution in [1.82, 2.24) is 0 Å². The average Bonchev–Trinajstić information content (AvgIpc) is 3.30. The van der Waals surface area contributed by atoms with Crippen LogP contribution in [0.4, 0.5) is 0 Å². The summed E-state index contributed by atoms with van der Waals surface area (Å²) in [6, 6.07) is 0. The summed E-state index contributed by atoms with van der Waals surface area (Å²) < 4.78 is 16.8. The summed E-state index contributed by atoms with van der Waals surface area (Å²) >= 11 is 0. The van der Waals surface area contributed by atoms with Gasteiger partial charge in [-0.15, -0.1) is 0 Å². The first-order valence-corrected chi connectivity index (χ1v) is 26.8. The summed E-state index contributed by atoms with van der Waals surface area (Å²) in [7, 11) is 0. The van der Waals surface area contributed by atoms with E-state index in [1.807, 2.05) is 0 Å². The zero-order valence-corrected chi connectivity index (χ0v) is 42.2. The van der Waals surface area contributed by atoms with Crippen LogP contribution >= 0.6 is 0 Å². The van der Waals surface area contributed by atoms with Gasteiger partial charge < -0.3 is 14.2 Å². The van der Waals surface area contributed by atoms with Gasteiger partial charge in [0.1, 0.15) is 13.2 Å². The van der Waals surface area contributed by atoms with Crippen molar-refractivity contribution in [1.29, 1.82) is 0 Å². The molecule has 1 atom stereocenters. The fourth-order valence-electron chi connectivity index (χ4n) is 7.15. The second-order valence-corrected chi connectivity index (χ2v) is 17.5. The fourth-order valence-corrected chi connectivity index (χ4v) is 7.15. The molecule has 6 heteroatoms. The third-order valence-electron chi connectivity index (χ3n) is 11.2. The van der Waals surface area contributed by atoms with Gasteiger partial charge in [0.2, 0.25) is 0 Å². The van der Waals surface area contributed by atoms with Crippen molar-refractivity contribution in [3.05, 3.63) is 97.2 Å². The number of esters is 3. The Hall–Kier alpha value is -3.67. The molecule has 0 fully saturated rings. The number of hydrogen-bond acceptors (Lipinski definition) is 6. The zero-order chi connectivity index (χ0) is 47.2. The predicted molar refractivity (Wildman–Crippen MR) is 279 cm³/mol. The summed E-state index contributed by atoms with van der Waals surface area (Å²) in [5.74, 6) is -0.951. The van der Waals surface area contributed by atoms with Gasteiger partial charge in [0, 0.05) is 19.3 Å². The van der Waals surface area contributed by atoms with E-state index in [1.54, 1.807) is 0 Å². The molecule has 0 aromatic carbocycles. The first kappa shape index (κ1) is 61.3. The molecular formula is C59H98O6. The number of carbonyl (C=O) groups excluding carboxylic acids is 3. The van der Waals surface area contributed by atoms with Crippen LogP contribution in [0.25, 0.3) is 0 Å². The second kappa shape index (κ2) is 52.9. The first-order valence-electron chi connectivity index (χ1n) is 26.8. The highest BCUT2D eigenvalue weighted by atomic mass is 16.6. The monoisotopic (exact) mass is 903 g/mol. The summed E-state index contributed by atoms with van der Waals surface area (Å²) in [5, 5.41) is 0. The Morgan fingerprint density at radius 1 is 0.323 bits per heavy atom. The summed E-state index contributed by atoms with van der Waals surface area (Å²) in [4.78, 5) is 38.0. The number of carbonyl (C=O) groups is 3. The highest BCUT2D eigenvalue weighted by Gasteiger charge is 2.19. The molecule has 0 radical (unpaired) electrons. The lowest BCUT2D eigenvalue weighted by Crippen LogP contribution is -2.30. The third-order valence-corrected chi connectivity index (χ3v) is 11.2. The summed E-state index contributed by atoms with van der Waals surface area (Å²) in [6.07, 6.45) is 69.6. The molecule has 0 aliphatic rings. The molecule has 0 saturated heterocycles. The van der Waals surface area contributed by atoms with Crippen LogP contribution in [0.15, 0.2) is 97.2 Å². The van der Waals surface area contributed by atoms with E-state index in [2.05, 4.69) is 118 Å². The average molecular weight is 903 g/mol.